The molecule has 1 aromatic rings. The number of thioether (sulfide) groups is 1. The monoisotopic (exact) mass is 321 g/mol. The van der Waals surface area contributed by atoms with Crippen molar-refractivity contribution >= 4 is 29.0 Å². The van der Waals surface area contributed by atoms with Gasteiger partial charge in [0.1, 0.15) is 11.5 Å². The first-order chi connectivity index (χ1) is 10.5. The molecule has 1 heterocycles. The highest BCUT2D eigenvalue weighted by atomic mass is 32.2. The maximum atomic E-state index is 12.4. The molecule has 0 saturated carbocycles. The number of methoxy groups -OCH3 is 2. The minimum absolute atomic E-state index is 0.101. The molecular formula is C16H19NO4S. The van der Waals surface area contributed by atoms with Gasteiger partial charge in [0.25, 0.3) is 11.1 Å². The fourth-order valence-electron chi connectivity index (χ4n) is 2.12. The number of benzene rings is 1. The van der Waals surface area contributed by atoms with Crippen LogP contribution >= 0.6 is 11.8 Å². The lowest BCUT2D eigenvalue weighted by molar-refractivity contribution is -0.124. The topological polar surface area (TPSA) is 55.8 Å². The lowest BCUT2D eigenvalue weighted by Gasteiger charge is -2.19. The number of ether oxygens (including phenoxy) is 2. The molecule has 2 amide bonds. The number of carbonyl (C=O) groups is 2. The molecule has 1 aliphatic heterocycles. The van der Waals surface area contributed by atoms with Crippen LogP contribution in [-0.4, -0.2) is 36.3 Å². The third-order valence-corrected chi connectivity index (χ3v) is 4.47. The number of rotatable bonds is 5. The summed E-state index contributed by atoms with van der Waals surface area (Å²) in [5.41, 5.74) is 0.734. The summed E-state index contributed by atoms with van der Waals surface area (Å²) >= 11 is 0.961. The van der Waals surface area contributed by atoms with Gasteiger partial charge in [-0.05, 0) is 43.3 Å². The Balaban J connectivity index is 2.34. The molecule has 1 aliphatic rings. The van der Waals surface area contributed by atoms with Gasteiger partial charge in [-0.25, -0.2) is 0 Å². The van der Waals surface area contributed by atoms with Crippen molar-refractivity contribution in [1.82, 2.24) is 4.90 Å². The Hall–Kier alpha value is -1.95. The molecule has 1 unspecified atom stereocenters. The summed E-state index contributed by atoms with van der Waals surface area (Å²) in [6.07, 6.45) is 2.42. The fraction of sp³-hybridized carbons (Fsp3) is 0.375. The van der Waals surface area contributed by atoms with Crippen molar-refractivity contribution in [2.24, 2.45) is 0 Å². The predicted octanol–water partition coefficient (Wildman–Crippen LogP) is 3.54. The zero-order chi connectivity index (χ0) is 16.3. The van der Waals surface area contributed by atoms with E-state index in [1.807, 2.05) is 13.8 Å². The van der Waals surface area contributed by atoms with Crippen LogP contribution in [0.25, 0.3) is 6.08 Å². The Morgan fingerprint density at radius 2 is 2.00 bits per heavy atom. The zero-order valence-electron chi connectivity index (χ0n) is 13.1. The van der Waals surface area contributed by atoms with Gasteiger partial charge in [-0.3, -0.25) is 14.5 Å². The Bertz CT molecular complexity index is 627. The summed E-state index contributed by atoms with van der Waals surface area (Å²) in [6, 6.07) is 5.23. The summed E-state index contributed by atoms with van der Waals surface area (Å²) in [5.74, 6) is 1.01. The van der Waals surface area contributed by atoms with Crippen LogP contribution in [0.15, 0.2) is 23.1 Å². The van der Waals surface area contributed by atoms with E-state index in [2.05, 4.69) is 0 Å². The standard InChI is InChI=1S/C16H19NO4S/c1-5-10(2)17-15(18)14(22-16(17)19)8-11-6-7-12(20-3)9-13(11)21-4/h6-10H,5H2,1-4H3. The van der Waals surface area contributed by atoms with Crippen molar-refractivity contribution < 1.29 is 19.1 Å². The molecule has 2 rings (SSSR count). The maximum Gasteiger partial charge on any atom is 0.293 e. The van der Waals surface area contributed by atoms with Crippen LogP contribution in [0.1, 0.15) is 25.8 Å². The van der Waals surface area contributed by atoms with E-state index < -0.39 is 0 Å². The Labute approximate surface area is 134 Å². The maximum absolute atomic E-state index is 12.4. The molecule has 1 saturated heterocycles. The van der Waals surface area contributed by atoms with Gasteiger partial charge in [-0.2, -0.15) is 0 Å². The number of imide groups is 1. The van der Waals surface area contributed by atoms with E-state index in [-0.39, 0.29) is 17.2 Å². The van der Waals surface area contributed by atoms with E-state index in [0.717, 1.165) is 23.7 Å². The van der Waals surface area contributed by atoms with Crippen molar-refractivity contribution in [2.75, 3.05) is 14.2 Å². The van der Waals surface area contributed by atoms with Crippen molar-refractivity contribution in [3.05, 3.63) is 28.7 Å². The smallest absolute Gasteiger partial charge is 0.293 e. The molecule has 0 radical (unpaired) electrons. The van der Waals surface area contributed by atoms with Gasteiger partial charge in [0, 0.05) is 17.7 Å². The molecule has 1 fully saturated rings. The van der Waals surface area contributed by atoms with E-state index in [1.54, 1.807) is 38.5 Å². The summed E-state index contributed by atoms with van der Waals surface area (Å²) in [7, 11) is 3.13. The summed E-state index contributed by atoms with van der Waals surface area (Å²) in [4.78, 5) is 26.1. The summed E-state index contributed by atoms with van der Waals surface area (Å²) < 4.78 is 10.5. The SMILES string of the molecule is CCC(C)N1C(=O)SC(=Cc2ccc(OC)cc2OC)C1=O. The molecule has 22 heavy (non-hydrogen) atoms. The largest absolute Gasteiger partial charge is 0.497 e. The van der Waals surface area contributed by atoms with Gasteiger partial charge in [-0.1, -0.05) is 6.92 Å². The lowest BCUT2D eigenvalue weighted by atomic mass is 10.1. The molecule has 0 spiro atoms. The number of hydrogen-bond donors (Lipinski definition) is 0. The first-order valence-corrected chi connectivity index (χ1v) is 7.82. The Kier molecular flexibility index (Phi) is 5.13. The van der Waals surface area contributed by atoms with Crippen LogP contribution < -0.4 is 9.47 Å². The minimum Gasteiger partial charge on any atom is -0.497 e. The zero-order valence-corrected chi connectivity index (χ0v) is 13.9. The molecular weight excluding hydrogens is 302 g/mol. The lowest BCUT2D eigenvalue weighted by Crippen LogP contribution is -2.36. The molecule has 0 aromatic heterocycles. The van der Waals surface area contributed by atoms with Gasteiger partial charge in [-0.15, -0.1) is 0 Å². The molecule has 118 valence electrons. The van der Waals surface area contributed by atoms with E-state index in [4.69, 9.17) is 9.47 Å². The van der Waals surface area contributed by atoms with Gasteiger partial charge in [0.2, 0.25) is 0 Å². The minimum atomic E-state index is -0.248. The van der Waals surface area contributed by atoms with E-state index in [9.17, 15) is 9.59 Å². The Morgan fingerprint density at radius 3 is 2.59 bits per heavy atom. The fourth-order valence-corrected chi connectivity index (χ4v) is 3.04. The molecule has 1 atom stereocenters. The van der Waals surface area contributed by atoms with Gasteiger partial charge < -0.3 is 9.47 Å². The van der Waals surface area contributed by atoms with Gasteiger partial charge in [0.05, 0.1) is 19.1 Å². The quantitative estimate of drug-likeness (QED) is 0.776. The average molecular weight is 321 g/mol. The molecule has 5 nitrogen and oxygen atoms in total. The van der Waals surface area contributed by atoms with Crippen LogP contribution in [0.3, 0.4) is 0 Å². The number of hydrogen-bond acceptors (Lipinski definition) is 5. The second kappa shape index (κ2) is 6.87. The molecule has 1 aromatic carbocycles. The second-order valence-electron chi connectivity index (χ2n) is 4.92. The number of carbonyl (C=O) groups excluding carboxylic acids is 2. The Morgan fingerprint density at radius 1 is 1.27 bits per heavy atom. The van der Waals surface area contributed by atoms with Crippen molar-refractivity contribution in [2.45, 2.75) is 26.3 Å². The normalized spacial score (nSPS) is 18.0. The third-order valence-electron chi connectivity index (χ3n) is 3.58. The first-order valence-electron chi connectivity index (χ1n) is 7.00. The summed E-state index contributed by atoms with van der Waals surface area (Å²) in [6.45, 7) is 3.82. The summed E-state index contributed by atoms with van der Waals surface area (Å²) in [5, 5.41) is -0.224. The average Bonchev–Trinajstić information content (AvgIpc) is 2.81. The van der Waals surface area contributed by atoms with Crippen LogP contribution in [0.2, 0.25) is 0 Å². The first kappa shape index (κ1) is 16.4. The van der Waals surface area contributed by atoms with E-state index in [0.29, 0.717) is 16.4 Å². The van der Waals surface area contributed by atoms with Gasteiger partial charge >= 0.3 is 0 Å². The second-order valence-corrected chi connectivity index (χ2v) is 5.91. The molecule has 0 bridgehead atoms. The van der Waals surface area contributed by atoms with E-state index >= 15 is 0 Å². The van der Waals surface area contributed by atoms with Crippen molar-refractivity contribution in [1.29, 1.82) is 0 Å². The van der Waals surface area contributed by atoms with E-state index in [1.165, 1.54) is 4.90 Å². The number of nitrogens with zero attached hydrogens (tertiary/aromatic N) is 1. The van der Waals surface area contributed by atoms with Crippen LogP contribution in [0, 0.1) is 0 Å². The highest BCUT2D eigenvalue weighted by Gasteiger charge is 2.37. The van der Waals surface area contributed by atoms with Gasteiger partial charge in [0.15, 0.2) is 0 Å². The molecule has 0 aliphatic carbocycles. The predicted molar refractivity (Wildman–Crippen MR) is 87.1 cm³/mol. The number of amides is 2. The highest BCUT2D eigenvalue weighted by molar-refractivity contribution is 8.18. The van der Waals surface area contributed by atoms with Crippen molar-refractivity contribution in [3.8, 4) is 11.5 Å². The molecule has 6 heteroatoms. The van der Waals surface area contributed by atoms with Crippen LogP contribution in [-0.2, 0) is 4.79 Å². The third kappa shape index (κ3) is 3.11. The van der Waals surface area contributed by atoms with Crippen LogP contribution in [0.5, 0.6) is 11.5 Å². The molecule has 0 N–H and O–H groups in total. The van der Waals surface area contributed by atoms with Crippen molar-refractivity contribution in [3.63, 3.8) is 0 Å². The van der Waals surface area contributed by atoms with Crippen LogP contribution in [0.4, 0.5) is 4.79 Å². The highest BCUT2D eigenvalue weighted by Crippen LogP contribution is 2.36.